The summed E-state index contributed by atoms with van der Waals surface area (Å²) in [6.07, 6.45) is 1.47. The predicted molar refractivity (Wildman–Crippen MR) is 114 cm³/mol. The molecule has 1 saturated heterocycles. The molecule has 1 aliphatic heterocycles. The van der Waals surface area contributed by atoms with Gasteiger partial charge in [0.25, 0.3) is 0 Å². The summed E-state index contributed by atoms with van der Waals surface area (Å²) in [5, 5.41) is 3.45. The van der Waals surface area contributed by atoms with E-state index in [1.165, 1.54) is 0 Å². The minimum absolute atomic E-state index is 0.234. The molecule has 1 aliphatic rings. The molecule has 0 saturated carbocycles. The second kappa shape index (κ2) is 8.09. The van der Waals surface area contributed by atoms with Crippen LogP contribution in [-0.2, 0) is 14.0 Å². The van der Waals surface area contributed by atoms with Gasteiger partial charge in [-0.25, -0.2) is 4.79 Å². The summed E-state index contributed by atoms with van der Waals surface area (Å²) in [6.45, 7) is 15.7. The van der Waals surface area contributed by atoms with Gasteiger partial charge in [-0.05, 0) is 84.1 Å². The van der Waals surface area contributed by atoms with Crippen molar-refractivity contribution in [3.63, 3.8) is 0 Å². The number of nitrogens with one attached hydrogen (secondary N) is 1. The normalized spacial score (nSPS) is 18.9. The van der Waals surface area contributed by atoms with Crippen LogP contribution in [0.25, 0.3) is 6.08 Å². The lowest BCUT2D eigenvalue weighted by atomic mass is 9.76. The van der Waals surface area contributed by atoms with E-state index in [0.29, 0.717) is 5.02 Å². The van der Waals surface area contributed by atoms with Crippen molar-refractivity contribution < 1.29 is 18.8 Å². The Balaban J connectivity index is 2.30. The second-order valence-corrected chi connectivity index (χ2v) is 9.60. The molecule has 0 bridgehead atoms. The summed E-state index contributed by atoms with van der Waals surface area (Å²) in [4.78, 5) is 12.1. The number of benzene rings is 1. The minimum atomic E-state index is -0.585. The highest BCUT2D eigenvalue weighted by atomic mass is 35.5. The summed E-state index contributed by atoms with van der Waals surface area (Å²) in [5.41, 5.74) is 1.27. The van der Waals surface area contributed by atoms with Crippen LogP contribution in [-0.4, -0.2) is 36.6 Å². The Kier molecular flexibility index (Phi) is 6.59. The Morgan fingerprint density at radius 2 is 1.79 bits per heavy atom. The van der Waals surface area contributed by atoms with E-state index in [4.69, 9.17) is 25.6 Å². The lowest BCUT2D eigenvalue weighted by Crippen LogP contribution is -2.41. The highest BCUT2D eigenvalue weighted by Crippen LogP contribution is 2.39. The van der Waals surface area contributed by atoms with Gasteiger partial charge in [0.1, 0.15) is 5.60 Å². The maximum Gasteiger partial charge on any atom is 0.492 e. The van der Waals surface area contributed by atoms with Gasteiger partial charge in [-0.1, -0.05) is 23.7 Å². The summed E-state index contributed by atoms with van der Waals surface area (Å²) in [7, 11) is -0.585. The molecule has 1 fully saturated rings. The first-order chi connectivity index (χ1) is 12.7. The highest BCUT2D eigenvalue weighted by Gasteiger charge is 2.52. The Morgan fingerprint density at radius 1 is 1.21 bits per heavy atom. The standard InChI is InChI=1S/C21H31BClNO4/c1-14-9-10-17(23)12-15(14)11-16(13-24-18(25)26-19(2,3)4)22-27-20(5,6)21(7,8)28-22/h9-12H,13H2,1-8H3,(H,24,25). The lowest BCUT2D eigenvalue weighted by Gasteiger charge is -2.32. The van der Waals surface area contributed by atoms with E-state index < -0.39 is 30.0 Å². The molecule has 2 rings (SSSR count). The van der Waals surface area contributed by atoms with Crippen molar-refractivity contribution in [2.45, 2.75) is 72.2 Å². The second-order valence-electron chi connectivity index (χ2n) is 9.16. The quantitative estimate of drug-likeness (QED) is 0.698. The van der Waals surface area contributed by atoms with Gasteiger partial charge in [-0.15, -0.1) is 0 Å². The molecule has 0 aliphatic carbocycles. The third kappa shape index (κ3) is 5.75. The number of hydrogen-bond acceptors (Lipinski definition) is 4. The van der Waals surface area contributed by atoms with E-state index in [2.05, 4.69) is 5.32 Å². The van der Waals surface area contributed by atoms with Crippen LogP contribution < -0.4 is 5.32 Å². The van der Waals surface area contributed by atoms with Gasteiger partial charge in [0.05, 0.1) is 11.2 Å². The number of ether oxygens (including phenoxy) is 1. The lowest BCUT2D eigenvalue weighted by molar-refractivity contribution is 0.00578. The molecule has 5 nitrogen and oxygen atoms in total. The summed E-state index contributed by atoms with van der Waals surface area (Å²) < 4.78 is 17.7. The molecule has 0 unspecified atom stereocenters. The predicted octanol–water partition coefficient (Wildman–Crippen LogP) is 5.19. The molecule has 7 heteroatoms. The Morgan fingerprint density at radius 3 is 2.32 bits per heavy atom. The van der Waals surface area contributed by atoms with Crippen molar-refractivity contribution in [3.05, 3.63) is 39.8 Å². The Bertz CT molecular complexity index is 752. The molecule has 0 radical (unpaired) electrons. The fourth-order valence-electron chi connectivity index (χ4n) is 2.65. The molecular formula is C21H31BClNO4. The van der Waals surface area contributed by atoms with E-state index >= 15 is 0 Å². The van der Waals surface area contributed by atoms with Crippen LogP contribution in [0.2, 0.25) is 5.02 Å². The zero-order chi connectivity index (χ0) is 21.3. The average Bonchev–Trinajstić information content (AvgIpc) is 2.73. The maximum absolute atomic E-state index is 12.1. The van der Waals surface area contributed by atoms with Crippen molar-refractivity contribution in [2.75, 3.05) is 6.54 Å². The van der Waals surface area contributed by atoms with Crippen molar-refractivity contribution in [2.24, 2.45) is 0 Å². The maximum atomic E-state index is 12.1. The van der Waals surface area contributed by atoms with Crippen molar-refractivity contribution >= 4 is 30.9 Å². The van der Waals surface area contributed by atoms with Gasteiger partial charge in [0.2, 0.25) is 0 Å². The first-order valence-corrected chi connectivity index (χ1v) is 9.87. The van der Waals surface area contributed by atoms with Gasteiger partial charge < -0.3 is 19.4 Å². The highest BCUT2D eigenvalue weighted by molar-refractivity contribution is 6.56. The number of halogens is 1. The molecule has 0 atom stereocenters. The van der Waals surface area contributed by atoms with Crippen LogP contribution in [0.15, 0.2) is 23.7 Å². The van der Waals surface area contributed by atoms with Crippen LogP contribution in [0.5, 0.6) is 0 Å². The molecular weight excluding hydrogens is 376 g/mol. The van der Waals surface area contributed by atoms with Crippen molar-refractivity contribution in [3.8, 4) is 0 Å². The first-order valence-electron chi connectivity index (χ1n) is 9.49. The Hall–Kier alpha value is -1.50. The zero-order valence-corrected chi connectivity index (χ0v) is 18.9. The average molecular weight is 408 g/mol. The minimum Gasteiger partial charge on any atom is -0.444 e. The molecule has 1 aromatic carbocycles. The monoisotopic (exact) mass is 407 g/mol. The fraction of sp³-hybridized carbons (Fsp3) is 0.571. The number of rotatable bonds is 4. The number of amides is 1. The van der Waals surface area contributed by atoms with E-state index in [1.54, 1.807) is 0 Å². The van der Waals surface area contributed by atoms with Crippen LogP contribution in [0.4, 0.5) is 4.79 Å². The third-order valence-electron chi connectivity index (χ3n) is 4.97. The zero-order valence-electron chi connectivity index (χ0n) is 18.1. The molecule has 1 amide bonds. The summed E-state index contributed by atoms with van der Waals surface area (Å²) >= 11 is 6.17. The fourth-order valence-corrected chi connectivity index (χ4v) is 2.83. The van der Waals surface area contributed by atoms with Crippen LogP contribution >= 0.6 is 11.6 Å². The SMILES string of the molecule is Cc1ccc(Cl)cc1C=C(CNC(=O)OC(C)(C)C)B1OC(C)(C)C(C)(C)O1. The first kappa shape index (κ1) is 22.8. The van der Waals surface area contributed by atoms with E-state index in [-0.39, 0.29) is 6.54 Å². The number of aryl methyl sites for hydroxylation is 1. The van der Waals surface area contributed by atoms with Gasteiger partial charge in [0, 0.05) is 11.6 Å². The van der Waals surface area contributed by atoms with Crippen molar-refractivity contribution in [1.82, 2.24) is 5.32 Å². The van der Waals surface area contributed by atoms with Gasteiger partial charge in [0.15, 0.2) is 0 Å². The smallest absolute Gasteiger partial charge is 0.444 e. The van der Waals surface area contributed by atoms with Crippen LogP contribution in [0.1, 0.15) is 59.6 Å². The number of hydrogen-bond donors (Lipinski definition) is 1. The summed E-state index contributed by atoms with van der Waals surface area (Å²) in [5.74, 6) is 0. The van der Waals surface area contributed by atoms with E-state index in [1.807, 2.05) is 79.7 Å². The molecule has 1 N–H and O–H groups in total. The molecule has 1 heterocycles. The largest absolute Gasteiger partial charge is 0.492 e. The number of carbonyl (C=O) groups excluding carboxylic acids is 1. The number of carbonyl (C=O) groups is 1. The molecule has 154 valence electrons. The van der Waals surface area contributed by atoms with Gasteiger partial charge >= 0.3 is 13.2 Å². The van der Waals surface area contributed by atoms with E-state index in [0.717, 1.165) is 16.6 Å². The third-order valence-corrected chi connectivity index (χ3v) is 5.21. The van der Waals surface area contributed by atoms with Crippen LogP contribution in [0, 0.1) is 6.92 Å². The van der Waals surface area contributed by atoms with Gasteiger partial charge in [-0.3, -0.25) is 0 Å². The molecule has 1 aromatic rings. The van der Waals surface area contributed by atoms with Gasteiger partial charge in [-0.2, -0.15) is 0 Å². The van der Waals surface area contributed by atoms with Crippen LogP contribution in [0.3, 0.4) is 0 Å². The summed E-state index contributed by atoms with van der Waals surface area (Å²) in [6, 6.07) is 5.69. The number of alkyl carbamates (subject to hydrolysis) is 1. The molecule has 0 spiro atoms. The van der Waals surface area contributed by atoms with E-state index in [9.17, 15) is 4.79 Å². The van der Waals surface area contributed by atoms with Crippen molar-refractivity contribution in [1.29, 1.82) is 0 Å². The Labute approximate surface area is 173 Å². The molecule has 28 heavy (non-hydrogen) atoms. The topological polar surface area (TPSA) is 56.8 Å². The molecule has 0 aromatic heterocycles.